The Balaban J connectivity index is 1.74. The quantitative estimate of drug-likeness (QED) is 0.627. The molecule has 0 bridgehead atoms. The number of nitrogens with one attached hydrogen (secondary N) is 2. The van der Waals surface area contributed by atoms with Crippen LogP contribution < -0.4 is 10.6 Å². The molecule has 0 radical (unpaired) electrons. The fraction of sp³-hybridized carbons (Fsp3) is 0.688. The Hall–Kier alpha value is -1.07. The van der Waals surface area contributed by atoms with Crippen LogP contribution in [-0.4, -0.2) is 43.6 Å². The van der Waals surface area contributed by atoms with Crippen molar-refractivity contribution < 1.29 is 0 Å². The fourth-order valence-corrected chi connectivity index (χ4v) is 3.40. The van der Waals surface area contributed by atoms with E-state index in [9.17, 15) is 0 Å². The van der Waals surface area contributed by atoms with Crippen molar-refractivity contribution in [2.75, 3.05) is 32.7 Å². The first kappa shape index (κ1) is 16.3. The second-order valence-corrected chi connectivity index (χ2v) is 6.91. The van der Waals surface area contributed by atoms with E-state index < -0.39 is 0 Å². The third-order valence-corrected chi connectivity index (χ3v) is 4.69. The van der Waals surface area contributed by atoms with Crippen LogP contribution in [0.3, 0.4) is 0 Å². The Morgan fingerprint density at radius 1 is 1.24 bits per heavy atom. The van der Waals surface area contributed by atoms with Crippen LogP contribution in [0, 0.1) is 6.92 Å². The minimum Gasteiger partial charge on any atom is -0.357 e. The molecule has 0 amide bonds. The Morgan fingerprint density at radius 2 is 2.05 bits per heavy atom. The first-order valence-electron chi connectivity index (χ1n) is 8.08. The topological polar surface area (TPSA) is 39.7 Å². The maximum Gasteiger partial charge on any atom is 0.191 e. The third kappa shape index (κ3) is 6.06. The summed E-state index contributed by atoms with van der Waals surface area (Å²) in [4.78, 5) is 9.88. The number of hydrogen-bond donors (Lipinski definition) is 2. The lowest BCUT2D eigenvalue weighted by Gasteiger charge is -2.26. The Labute approximate surface area is 132 Å². The largest absolute Gasteiger partial charge is 0.357 e. The first-order chi connectivity index (χ1) is 10.3. The Bertz CT molecular complexity index is 435. The number of guanidine groups is 1. The molecule has 1 aromatic heterocycles. The predicted octanol–water partition coefficient (Wildman–Crippen LogP) is 2.60. The number of piperidine rings is 1. The smallest absolute Gasteiger partial charge is 0.191 e. The van der Waals surface area contributed by atoms with Crippen LogP contribution in [0.25, 0.3) is 0 Å². The maximum absolute atomic E-state index is 4.67. The van der Waals surface area contributed by atoms with E-state index in [4.69, 9.17) is 0 Å². The van der Waals surface area contributed by atoms with Crippen molar-refractivity contribution in [2.45, 2.75) is 39.7 Å². The van der Waals surface area contributed by atoms with Gasteiger partial charge in [0.15, 0.2) is 5.96 Å². The van der Waals surface area contributed by atoms with E-state index in [1.54, 1.807) is 0 Å². The Kier molecular flexibility index (Phi) is 7.03. The lowest BCUT2D eigenvalue weighted by molar-refractivity contribution is 0.232. The summed E-state index contributed by atoms with van der Waals surface area (Å²) in [5.74, 6) is 0.931. The van der Waals surface area contributed by atoms with Gasteiger partial charge in [-0.25, -0.2) is 4.99 Å². The summed E-state index contributed by atoms with van der Waals surface area (Å²) in [6.45, 7) is 10.5. The molecule has 1 aromatic rings. The number of thiophene rings is 1. The fourth-order valence-electron chi connectivity index (χ4n) is 2.58. The van der Waals surface area contributed by atoms with Crippen LogP contribution in [0.5, 0.6) is 0 Å². The van der Waals surface area contributed by atoms with E-state index >= 15 is 0 Å². The molecule has 0 aromatic carbocycles. The van der Waals surface area contributed by atoms with Gasteiger partial charge in [-0.3, -0.25) is 0 Å². The van der Waals surface area contributed by atoms with Gasteiger partial charge >= 0.3 is 0 Å². The number of hydrogen-bond acceptors (Lipinski definition) is 3. The summed E-state index contributed by atoms with van der Waals surface area (Å²) in [5, 5.41) is 6.77. The molecular weight excluding hydrogens is 280 g/mol. The van der Waals surface area contributed by atoms with E-state index in [0.717, 1.165) is 32.1 Å². The molecular formula is C16H28N4S. The van der Waals surface area contributed by atoms with Gasteiger partial charge in [-0.15, -0.1) is 11.3 Å². The molecule has 4 nitrogen and oxygen atoms in total. The zero-order chi connectivity index (χ0) is 14.9. The predicted molar refractivity (Wildman–Crippen MR) is 92.2 cm³/mol. The van der Waals surface area contributed by atoms with Gasteiger partial charge in [0.25, 0.3) is 0 Å². The second-order valence-electron chi connectivity index (χ2n) is 5.54. The highest BCUT2D eigenvalue weighted by Gasteiger charge is 2.09. The van der Waals surface area contributed by atoms with Crippen molar-refractivity contribution >= 4 is 17.3 Å². The number of nitrogens with zero attached hydrogens (tertiary/aromatic N) is 2. The van der Waals surface area contributed by atoms with Gasteiger partial charge in [0.1, 0.15) is 0 Å². The van der Waals surface area contributed by atoms with E-state index in [0.29, 0.717) is 0 Å². The third-order valence-electron chi connectivity index (χ3n) is 3.70. The van der Waals surface area contributed by atoms with Crippen LogP contribution >= 0.6 is 11.3 Å². The molecule has 1 aliphatic heterocycles. The van der Waals surface area contributed by atoms with Gasteiger partial charge in [-0.05, 0) is 51.9 Å². The van der Waals surface area contributed by atoms with Gasteiger partial charge in [0.05, 0.1) is 6.54 Å². The molecule has 0 unspecified atom stereocenters. The summed E-state index contributed by atoms with van der Waals surface area (Å²) < 4.78 is 0. The summed E-state index contributed by atoms with van der Waals surface area (Å²) in [5.41, 5.74) is 0. The van der Waals surface area contributed by atoms with Crippen LogP contribution in [0.2, 0.25) is 0 Å². The summed E-state index contributed by atoms with van der Waals surface area (Å²) >= 11 is 1.82. The maximum atomic E-state index is 4.67. The van der Waals surface area contributed by atoms with Crippen LogP contribution in [0.4, 0.5) is 0 Å². The van der Waals surface area contributed by atoms with Gasteiger partial charge in [0, 0.05) is 29.4 Å². The number of rotatable bonds is 6. The highest BCUT2D eigenvalue weighted by Crippen LogP contribution is 2.15. The molecule has 0 spiro atoms. The van der Waals surface area contributed by atoms with Crippen molar-refractivity contribution in [2.24, 2.45) is 4.99 Å². The van der Waals surface area contributed by atoms with Crippen molar-refractivity contribution in [1.82, 2.24) is 15.5 Å². The minimum absolute atomic E-state index is 0.761. The highest BCUT2D eigenvalue weighted by atomic mass is 32.1. The molecule has 0 saturated carbocycles. The van der Waals surface area contributed by atoms with Crippen molar-refractivity contribution in [3.05, 3.63) is 21.9 Å². The first-order valence-corrected chi connectivity index (χ1v) is 8.89. The SMILES string of the molecule is CCNC(=NCc1ccc(C)s1)NCCN1CCCCC1. The molecule has 1 fully saturated rings. The molecule has 2 heterocycles. The lowest BCUT2D eigenvalue weighted by atomic mass is 10.1. The molecule has 5 heteroatoms. The number of aryl methyl sites for hydroxylation is 1. The second kappa shape index (κ2) is 9.05. The zero-order valence-corrected chi connectivity index (χ0v) is 14.1. The average Bonchev–Trinajstić information content (AvgIpc) is 2.91. The molecule has 2 rings (SSSR count). The van der Waals surface area contributed by atoms with Crippen molar-refractivity contribution in [3.8, 4) is 0 Å². The molecule has 1 saturated heterocycles. The normalized spacial score (nSPS) is 17.0. The van der Waals surface area contributed by atoms with E-state index in [-0.39, 0.29) is 0 Å². The Morgan fingerprint density at radius 3 is 2.71 bits per heavy atom. The van der Waals surface area contributed by atoms with Crippen LogP contribution in [-0.2, 0) is 6.54 Å². The van der Waals surface area contributed by atoms with E-state index in [2.05, 4.69) is 46.5 Å². The summed E-state index contributed by atoms with van der Waals surface area (Å²) in [6, 6.07) is 4.33. The molecule has 0 atom stereocenters. The van der Waals surface area contributed by atoms with Gasteiger partial charge in [0.2, 0.25) is 0 Å². The summed E-state index contributed by atoms with van der Waals surface area (Å²) in [6.07, 6.45) is 4.10. The van der Waals surface area contributed by atoms with Gasteiger partial charge in [-0.2, -0.15) is 0 Å². The molecule has 2 N–H and O–H groups in total. The summed E-state index contributed by atoms with van der Waals surface area (Å²) in [7, 11) is 0. The molecule has 118 valence electrons. The molecule has 0 aliphatic carbocycles. The van der Waals surface area contributed by atoms with Gasteiger partial charge < -0.3 is 15.5 Å². The van der Waals surface area contributed by atoms with E-state index in [1.165, 1.54) is 42.1 Å². The minimum atomic E-state index is 0.761. The monoisotopic (exact) mass is 308 g/mol. The van der Waals surface area contributed by atoms with E-state index in [1.807, 2.05) is 11.3 Å². The molecule has 1 aliphatic rings. The number of aliphatic imine (C=N–C) groups is 1. The number of likely N-dealkylation sites (tertiary alicyclic amines) is 1. The zero-order valence-electron chi connectivity index (χ0n) is 13.3. The van der Waals surface area contributed by atoms with Crippen molar-refractivity contribution in [3.63, 3.8) is 0 Å². The highest BCUT2D eigenvalue weighted by molar-refractivity contribution is 7.11. The molecule has 21 heavy (non-hydrogen) atoms. The van der Waals surface area contributed by atoms with Crippen LogP contribution in [0.15, 0.2) is 17.1 Å². The van der Waals surface area contributed by atoms with Gasteiger partial charge in [-0.1, -0.05) is 6.42 Å². The standard InChI is InChI=1S/C16H28N4S/c1-3-17-16(19-13-15-8-7-14(2)21-15)18-9-12-20-10-5-4-6-11-20/h7-8H,3-6,9-13H2,1-2H3,(H2,17,18,19). The van der Waals surface area contributed by atoms with Crippen LogP contribution in [0.1, 0.15) is 35.9 Å². The average molecular weight is 308 g/mol. The lowest BCUT2D eigenvalue weighted by Crippen LogP contribution is -2.42. The van der Waals surface area contributed by atoms with Crippen molar-refractivity contribution in [1.29, 1.82) is 0 Å².